The quantitative estimate of drug-likeness (QED) is 0.431. The molecule has 3 N–H and O–H groups in total. The summed E-state index contributed by atoms with van der Waals surface area (Å²) in [5.74, 6) is 0. The maximum atomic E-state index is 8.52. The summed E-state index contributed by atoms with van der Waals surface area (Å²) in [6.07, 6.45) is 0. The molecule has 0 rings (SSSR count). The normalized spacial score (nSPS) is 8.29. The largest absolute Gasteiger partial charge is 4.00 e. The van der Waals surface area contributed by atoms with Crippen LogP contribution in [0.25, 0.3) is 0 Å². The third kappa shape index (κ3) is 134. The van der Waals surface area contributed by atoms with Crippen LogP contribution in [-0.2, 0) is 10.4 Å². The average molecular weight is 253 g/mol. The van der Waals surface area contributed by atoms with Crippen molar-refractivity contribution in [1.29, 1.82) is 0 Å². The first-order valence-electron chi connectivity index (χ1n) is 0.667. The van der Waals surface area contributed by atoms with Gasteiger partial charge in [0.2, 0.25) is 0 Å². The van der Waals surface area contributed by atoms with E-state index in [0.29, 0.717) is 0 Å². The Kier molecular flexibility index (Phi) is 12.0. The van der Waals surface area contributed by atoms with Crippen LogP contribution in [0.1, 0.15) is 0 Å². The van der Waals surface area contributed by atoms with E-state index >= 15 is 0 Å². The van der Waals surface area contributed by atoms with Crippen molar-refractivity contribution in [2.24, 2.45) is 0 Å². The topological polar surface area (TPSA) is 115 Å². The number of rotatable bonds is 0. The van der Waals surface area contributed by atoms with E-state index in [-0.39, 0.29) is 47.9 Å². The van der Waals surface area contributed by atoms with E-state index in [4.69, 9.17) is 17.5 Å². The summed E-state index contributed by atoms with van der Waals surface area (Å²) in [4.78, 5) is 0. The second-order valence-electron chi connectivity index (χ2n) is 0.408. The number of hydrogen-bond donors (Lipinski definition) is 1. The Morgan fingerprint density at radius 3 is 1.14 bits per heavy atom. The summed E-state index contributed by atoms with van der Waals surface area (Å²) in [6.45, 7) is 0. The van der Waals surface area contributed by atoms with Crippen LogP contribution in [-0.4, -0.2) is 17.5 Å². The predicted octanol–water partition coefficient (Wildman–Crippen LogP) is -1.18. The Morgan fingerprint density at radius 1 is 1.14 bits per heavy atom. The van der Waals surface area contributed by atoms with Crippen molar-refractivity contribution in [1.82, 2.24) is 6.15 Å². The molecular weight excluding hydrogens is 250 g/mol. The van der Waals surface area contributed by atoms with Crippen LogP contribution < -0.4 is 6.15 Å². The molecule has 40 valence electrons. The zero-order valence-electron chi connectivity index (χ0n) is 3.25. The SMILES string of the molecule is N.O=S(=O)([O-])[O-].[Ce+4]. The molecule has 0 aromatic rings. The first kappa shape index (κ1) is 15.7. The fourth-order valence-corrected chi connectivity index (χ4v) is 0. The van der Waals surface area contributed by atoms with Gasteiger partial charge in [0.1, 0.15) is 0 Å². The van der Waals surface area contributed by atoms with E-state index in [1.54, 1.807) is 0 Å². The van der Waals surface area contributed by atoms with E-state index in [9.17, 15) is 0 Å². The Morgan fingerprint density at radius 2 is 1.14 bits per heavy atom. The van der Waals surface area contributed by atoms with Crippen molar-refractivity contribution in [2.75, 3.05) is 0 Å². The molecule has 0 fully saturated rings. The van der Waals surface area contributed by atoms with E-state index in [2.05, 4.69) is 0 Å². The molecule has 0 amide bonds. The molecule has 7 heteroatoms. The van der Waals surface area contributed by atoms with Gasteiger partial charge in [-0.15, -0.1) is 0 Å². The van der Waals surface area contributed by atoms with Gasteiger partial charge in [-0.05, 0) is 0 Å². The van der Waals surface area contributed by atoms with Gasteiger partial charge in [0, 0.05) is 10.4 Å². The first-order valence-corrected chi connectivity index (χ1v) is 2.00. The molecule has 0 unspecified atom stereocenters. The van der Waals surface area contributed by atoms with Crippen LogP contribution in [0.3, 0.4) is 0 Å². The number of hydrogen-bond acceptors (Lipinski definition) is 5. The van der Waals surface area contributed by atoms with Crippen LogP contribution in [0.15, 0.2) is 0 Å². The summed E-state index contributed by atoms with van der Waals surface area (Å²) in [5, 5.41) is 0. The van der Waals surface area contributed by atoms with E-state index in [1.165, 1.54) is 0 Å². The van der Waals surface area contributed by atoms with Crippen molar-refractivity contribution in [3.8, 4) is 0 Å². The van der Waals surface area contributed by atoms with Gasteiger partial charge in [-0.2, -0.15) is 0 Å². The maximum Gasteiger partial charge on any atom is 4.00 e. The minimum atomic E-state index is -5.17. The fraction of sp³-hybridized carbons (Fsp3) is 0. The zero-order valence-corrected chi connectivity index (χ0v) is 7.20. The minimum Gasteiger partial charge on any atom is -0.759 e. The molecule has 0 saturated heterocycles. The monoisotopic (exact) mass is 253 g/mol. The molecule has 0 spiro atoms. The molecule has 0 aliphatic rings. The molecule has 0 bridgehead atoms. The standard InChI is InChI=1S/Ce.H3N.H2O4S/c;;1-5(2,3)4/h;1H3;(H2,1,2,3,4)/q+4;;/p-2. The summed E-state index contributed by atoms with van der Waals surface area (Å²) in [6, 6.07) is 0. The van der Waals surface area contributed by atoms with Crippen LogP contribution >= 0.6 is 0 Å². The van der Waals surface area contributed by atoms with E-state index in [0.717, 1.165) is 0 Å². The summed E-state index contributed by atoms with van der Waals surface area (Å²) < 4.78 is 34.1. The Balaban J connectivity index is -0.0000000800. The average Bonchev–Trinajstić information content (AvgIpc) is 0.722. The fourth-order valence-electron chi connectivity index (χ4n) is 0. The molecule has 0 aliphatic carbocycles. The zero-order chi connectivity index (χ0) is 4.50. The van der Waals surface area contributed by atoms with Gasteiger partial charge in [-0.1, -0.05) is 0 Å². The maximum absolute atomic E-state index is 8.52. The summed E-state index contributed by atoms with van der Waals surface area (Å²) in [5.41, 5.74) is 0. The Bertz CT molecular complexity index is 94.9. The van der Waals surface area contributed by atoms with Gasteiger partial charge in [0.05, 0.1) is 0 Å². The van der Waals surface area contributed by atoms with Crippen molar-refractivity contribution >= 4 is 10.4 Å². The van der Waals surface area contributed by atoms with E-state index in [1.807, 2.05) is 0 Å². The van der Waals surface area contributed by atoms with Gasteiger partial charge in [0.15, 0.2) is 0 Å². The summed E-state index contributed by atoms with van der Waals surface area (Å²) >= 11 is 0. The second-order valence-corrected chi connectivity index (χ2v) is 1.22. The Labute approximate surface area is 75.0 Å². The van der Waals surface area contributed by atoms with Crippen molar-refractivity contribution in [2.45, 2.75) is 0 Å². The molecular formula is H3CeNO4S+2. The molecule has 0 heterocycles. The van der Waals surface area contributed by atoms with Gasteiger partial charge < -0.3 is 15.3 Å². The van der Waals surface area contributed by atoms with Gasteiger partial charge in [0.25, 0.3) is 0 Å². The van der Waals surface area contributed by atoms with Crippen LogP contribution in [0.5, 0.6) is 0 Å². The Hall–Kier alpha value is 1.21. The second kappa shape index (κ2) is 5.35. The third-order valence-corrected chi connectivity index (χ3v) is 0. The van der Waals surface area contributed by atoms with Crippen molar-refractivity contribution in [3.05, 3.63) is 0 Å². The van der Waals surface area contributed by atoms with Gasteiger partial charge >= 0.3 is 41.7 Å². The molecule has 0 radical (unpaired) electrons. The van der Waals surface area contributed by atoms with Gasteiger partial charge in [-0.25, -0.2) is 0 Å². The molecule has 0 aromatic carbocycles. The molecule has 0 aromatic heterocycles. The smallest absolute Gasteiger partial charge is 0.759 e. The van der Waals surface area contributed by atoms with Crippen molar-refractivity contribution < 1.29 is 59.3 Å². The van der Waals surface area contributed by atoms with Crippen LogP contribution in [0.2, 0.25) is 0 Å². The molecule has 0 saturated carbocycles. The molecule has 0 aliphatic heterocycles. The van der Waals surface area contributed by atoms with Gasteiger partial charge in [-0.3, -0.25) is 8.42 Å². The third-order valence-electron chi connectivity index (χ3n) is 0. The van der Waals surface area contributed by atoms with E-state index < -0.39 is 10.4 Å². The van der Waals surface area contributed by atoms with Crippen LogP contribution in [0, 0.1) is 41.7 Å². The molecule has 5 nitrogen and oxygen atoms in total. The predicted molar refractivity (Wildman–Crippen MR) is 15.5 cm³/mol. The first-order chi connectivity index (χ1) is 2.00. The summed E-state index contributed by atoms with van der Waals surface area (Å²) in [7, 11) is -5.17. The molecule has 7 heavy (non-hydrogen) atoms. The van der Waals surface area contributed by atoms with Crippen LogP contribution in [0.4, 0.5) is 0 Å². The molecule has 0 atom stereocenters. The van der Waals surface area contributed by atoms with Crippen molar-refractivity contribution in [3.63, 3.8) is 0 Å². The minimum absolute atomic E-state index is 0.